The third kappa shape index (κ3) is 4.25. The van der Waals surface area contributed by atoms with Gasteiger partial charge in [0.2, 0.25) is 0 Å². The van der Waals surface area contributed by atoms with Crippen LogP contribution in [0.1, 0.15) is 17.0 Å². The van der Waals surface area contributed by atoms with Gasteiger partial charge in [-0.05, 0) is 47.5 Å². The largest absolute Gasteiger partial charge is 0.549 e. The van der Waals surface area contributed by atoms with Crippen molar-refractivity contribution in [3.8, 4) is 0 Å². The highest BCUT2D eigenvalue weighted by molar-refractivity contribution is 9.10. The van der Waals surface area contributed by atoms with E-state index in [1.807, 2.05) is 78.9 Å². The van der Waals surface area contributed by atoms with Gasteiger partial charge in [-0.1, -0.05) is 64.5 Å². The van der Waals surface area contributed by atoms with Gasteiger partial charge in [0.1, 0.15) is 0 Å². The summed E-state index contributed by atoms with van der Waals surface area (Å²) in [5.41, 5.74) is 4.02. The van der Waals surface area contributed by atoms with Crippen LogP contribution in [0, 0.1) is 0 Å². The van der Waals surface area contributed by atoms with Crippen molar-refractivity contribution in [3.05, 3.63) is 107 Å². The van der Waals surface area contributed by atoms with E-state index >= 15 is 0 Å². The van der Waals surface area contributed by atoms with Gasteiger partial charge >= 0.3 is 0 Å². The number of carboxylic acids is 1. The van der Waals surface area contributed by atoms with Crippen LogP contribution in [0.5, 0.6) is 0 Å². The fourth-order valence-corrected chi connectivity index (χ4v) is 3.58. The molecule has 5 heteroatoms. The Bertz CT molecular complexity index is 1160. The Kier molecular flexibility index (Phi) is 5.49. The molecular weight excluding hydrogens is 428 g/mol. The molecule has 0 spiro atoms. The van der Waals surface area contributed by atoms with Crippen LogP contribution in [0.15, 0.2) is 95.6 Å². The number of halogens is 1. The average Bonchev–Trinajstić information content (AvgIpc) is 3.17. The zero-order valence-corrected chi connectivity index (χ0v) is 17.0. The number of aliphatic carboxylic acids is 1. The molecule has 0 amide bonds. The van der Waals surface area contributed by atoms with Crippen LogP contribution in [0.3, 0.4) is 0 Å². The number of carbonyl (C=O) groups excluding carboxylic acids is 1. The number of rotatable bonds is 6. The van der Waals surface area contributed by atoms with E-state index in [9.17, 15) is 9.90 Å². The molecule has 3 aromatic carbocycles. The molecule has 2 N–H and O–H groups in total. The molecule has 0 fully saturated rings. The second kappa shape index (κ2) is 8.37. The minimum absolute atomic E-state index is 0.673. The number of carbonyl (C=O) groups is 1. The van der Waals surface area contributed by atoms with E-state index in [0.29, 0.717) is 11.3 Å². The topological polar surface area (TPSA) is 67.9 Å². The molecule has 0 unspecified atom stereocenters. The lowest BCUT2D eigenvalue weighted by atomic mass is 9.96. The summed E-state index contributed by atoms with van der Waals surface area (Å²) < 4.78 is 0.972. The molecule has 0 aliphatic heterocycles. The Labute approximate surface area is 177 Å². The molecule has 1 heterocycles. The third-order valence-electron chi connectivity index (χ3n) is 4.75. The summed E-state index contributed by atoms with van der Waals surface area (Å²) >= 11 is 3.43. The first-order chi connectivity index (χ1) is 14.1. The van der Waals surface area contributed by atoms with Gasteiger partial charge in [-0.25, -0.2) is 0 Å². The Morgan fingerprint density at radius 2 is 1.66 bits per heavy atom. The number of hydrogen-bond acceptors (Lipinski definition) is 3. The van der Waals surface area contributed by atoms with Gasteiger partial charge in [-0.2, -0.15) is 0 Å². The van der Waals surface area contributed by atoms with Crippen molar-refractivity contribution in [2.45, 2.75) is 5.92 Å². The molecule has 1 aromatic heterocycles. The van der Waals surface area contributed by atoms with Crippen molar-refractivity contribution in [1.29, 1.82) is 0 Å². The highest BCUT2D eigenvalue weighted by atomic mass is 79.9. The number of aromatic amines is 1. The molecular formula is C24H18BrN2O2-. The highest BCUT2D eigenvalue weighted by Gasteiger charge is 2.17. The fourth-order valence-electron chi connectivity index (χ4n) is 3.32. The van der Waals surface area contributed by atoms with E-state index in [1.165, 1.54) is 0 Å². The van der Waals surface area contributed by atoms with Gasteiger partial charge in [-0.15, -0.1) is 0 Å². The molecule has 0 aliphatic rings. The summed E-state index contributed by atoms with van der Waals surface area (Å²) in [7, 11) is 0. The van der Waals surface area contributed by atoms with Crippen LogP contribution in [-0.4, -0.2) is 11.0 Å². The fraction of sp³-hybridized carbons (Fsp3) is 0.0417. The number of hydrogen-bond donors (Lipinski definition) is 2. The Morgan fingerprint density at radius 1 is 0.966 bits per heavy atom. The molecule has 4 rings (SSSR count). The first-order valence-electron chi connectivity index (χ1n) is 9.18. The summed E-state index contributed by atoms with van der Waals surface area (Å²) in [6, 6.07) is 25.0. The number of fused-ring (bicyclic) bond motifs is 1. The minimum atomic E-state index is -1.15. The van der Waals surface area contributed by atoms with Crippen molar-refractivity contribution in [2.24, 2.45) is 0 Å². The van der Waals surface area contributed by atoms with Crippen LogP contribution in [0.4, 0.5) is 5.69 Å². The predicted molar refractivity (Wildman–Crippen MR) is 118 cm³/mol. The van der Waals surface area contributed by atoms with Crippen molar-refractivity contribution < 1.29 is 9.90 Å². The van der Waals surface area contributed by atoms with Gasteiger partial charge < -0.3 is 20.2 Å². The number of H-pyrrole nitrogens is 1. The number of para-hydroxylation sites is 1. The molecule has 144 valence electrons. The van der Waals surface area contributed by atoms with Crippen LogP contribution < -0.4 is 10.4 Å². The zero-order valence-electron chi connectivity index (χ0n) is 15.4. The van der Waals surface area contributed by atoms with Gasteiger partial charge in [-0.3, -0.25) is 0 Å². The van der Waals surface area contributed by atoms with E-state index in [2.05, 4.69) is 26.2 Å². The van der Waals surface area contributed by atoms with Gasteiger partial charge in [0.25, 0.3) is 0 Å². The van der Waals surface area contributed by atoms with Crippen LogP contribution in [-0.2, 0) is 4.79 Å². The highest BCUT2D eigenvalue weighted by Crippen LogP contribution is 2.30. The number of carboxylic acid groups (broad SMARTS) is 1. The van der Waals surface area contributed by atoms with Crippen LogP contribution >= 0.6 is 15.9 Å². The number of benzene rings is 3. The lowest BCUT2D eigenvalue weighted by Crippen LogP contribution is -2.29. The third-order valence-corrected chi connectivity index (χ3v) is 5.28. The Balaban J connectivity index is 1.80. The summed E-state index contributed by atoms with van der Waals surface area (Å²) in [4.78, 5) is 15.2. The Hall–Kier alpha value is -3.31. The first kappa shape index (κ1) is 19.0. The zero-order chi connectivity index (χ0) is 20.2. The van der Waals surface area contributed by atoms with E-state index < -0.39 is 11.9 Å². The Morgan fingerprint density at radius 3 is 2.38 bits per heavy atom. The van der Waals surface area contributed by atoms with Crippen LogP contribution in [0.2, 0.25) is 0 Å². The summed E-state index contributed by atoms with van der Waals surface area (Å²) in [6.07, 6.45) is 3.45. The van der Waals surface area contributed by atoms with E-state index in [4.69, 9.17) is 0 Å². The number of aromatic nitrogens is 1. The molecule has 4 aromatic rings. The normalized spacial score (nSPS) is 12.7. The maximum absolute atomic E-state index is 12.1. The maximum Gasteiger partial charge on any atom is 0.0529 e. The quantitative estimate of drug-likeness (QED) is 0.442. The molecule has 0 saturated carbocycles. The summed E-state index contributed by atoms with van der Waals surface area (Å²) in [6.45, 7) is 0. The molecule has 0 bridgehead atoms. The van der Waals surface area contributed by atoms with E-state index in [1.54, 1.807) is 12.3 Å². The summed E-state index contributed by atoms with van der Waals surface area (Å²) in [5, 5.41) is 16.3. The molecule has 0 saturated heterocycles. The molecule has 0 aliphatic carbocycles. The average molecular weight is 446 g/mol. The maximum atomic E-state index is 12.1. The monoisotopic (exact) mass is 445 g/mol. The molecule has 4 nitrogen and oxygen atoms in total. The van der Waals surface area contributed by atoms with Gasteiger partial charge in [0, 0.05) is 38.9 Å². The second-order valence-electron chi connectivity index (χ2n) is 6.66. The minimum Gasteiger partial charge on any atom is -0.549 e. The number of anilines is 1. The predicted octanol–water partition coefficient (Wildman–Crippen LogP) is 4.92. The van der Waals surface area contributed by atoms with E-state index in [0.717, 1.165) is 26.6 Å². The second-order valence-corrected chi connectivity index (χ2v) is 7.58. The molecule has 29 heavy (non-hydrogen) atoms. The smallest absolute Gasteiger partial charge is 0.0529 e. The summed E-state index contributed by atoms with van der Waals surface area (Å²) in [5.74, 6) is -2.06. The first-order valence-corrected chi connectivity index (χ1v) is 9.98. The van der Waals surface area contributed by atoms with Crippen molar-refractivity contribution >= 4 is 44.2 Å². The van der Waals surface area contributed by atoms with Crippen molar-refractivity contribution in [2.75, 3.05) is 5.32 Å². The molecule has 1 atom stereocenters. The number of nitrogens with one attached hydrogen (secondary N) is 2. The SMILES string of the molecule is O=C([O-])[C@H](/C=C(\Nc1ccc(Br)cc1)c1ccccc1)c1c[nH]c2ccccc12. The van der Waals surface area contributed by atoms with Gasteiger partial charge in [0.05, 0.1) is 5.97 Å². The lowest BCUT2D eigenvalue weighted by Gasteiger charge is -2.18. The van der Waals surface area contributed by atoms with Crippen molar-refractivity contribution in [1.82, 2.24) is 4.98 Å². The van der Waals surface area contributed by atoms with Crippen molar-refractivity contribution in [3.63, 3.8) is 0 Å². The standard InChI is InChI=1S/C24H19BrN2O2/c25-17-10-12-18(13-11-17)27-23(16-6-2-1-3-7-16)14-20(24(28)29)21-15-26-22-9-5-4-8-19(21)22/h1-15,20,26-27H,(H,28,29)/p-1/b23-14-/t20-/m1/s1. The van der Waals surface area contributed by atoms with E-state index in [-0.39, 0.29) is 0 Å². The molecule has 0 radical (unpaired) electrons. The lowest BCUT2D eigenvalue weighted by molar-refractivity contribution is -0.306. The van der Waals surface area contributed by atoms with Crippen LogP contribution in [0.25, 0.3) is 16.6 Å². The van der Waals surface area contributed by atoms with Gasteiger partial charge in [0.15, 0.2) is 0 Å².